The Kier molecular flexibility index (Phi) is 14.3. The first-order valence-corrected chi connectivity index (χ1v) is 17.0. The number of nitrogens with zero attached hydrogens (tertiary/aromatic N) is 3. The summed E-state index contributed by atoms with van der Waals surface area (Å²) in [5.41, 5.74) is -1.89. The molecule has 2 heterocycles. The Morgan fingerprint density at radius 2 is 1.62 bits per heavy atom. The Morgan fingerprint density at radius 1 is 0.938 bits per heavy atom. The van der Waals surface area contributed by atoms with E-state index in [0.29, 0.717) is 52.8 Å². The number of hydrogen-bond donors (Lipinski definition) is 1. The third kappa shape index (κ3) is 11.2. The zero-order valence-corrected chi connectivity index (χ0v) is 28.4. The third-order valence-corrected chi connectivity index (χ3v) is 10.0. The molecule has 268 valence electrons. The van der Waals surface area contributed by atoms with Crippen LogP contribution in [0.2, 0.25) is 10.0 Å². The highest BCUT2D eigenvalue weighted by molar-refractivity contribution is 6.42. The van der Waals surface area contributed by atoms with Gasteiger partial charge in [-0.3, -0.25) is 0 Å². The lowest BCUT2D eigenvalue weighted by molar-refractivity contribution is -0.143. The Hall–Kier alpha value is -2.09. The molecule has 48 heavy (non-hydrogen) atoms. The molecule has 14 heteroatoms. The first kappa shape index (κ1) is 38.7. The molecule has 2 aromatic rings. The molecular formula is C34H43Cl2F6N3O3. The molecule has 2 aliphatic rings. The minimum absolute atomic E-state index is 0.0894. The van der Waals surface area contributed by atoms with Crippen molar-refractivity contribution in [1.82, 2.24) is 9.80 Å². The fourth-order valence-corrected chi connectivity index (χ4v) is 7.06. The fraction of sp³-hybridized carbons (Fsp3) is 0.618. The third-order valence-electron chi connectivity index (χ3n) is 9.27. The van der Waals surface area contributed by atoms with E-state index in [0.717, 1.165) is 57.4 Å². The summed E-state index contributed by atoms with van der Waals surface area (Å²) in [5.74, 6) is 0.205. The Labute approximate surface area is 287 Å². The summed E-state index contributed by atoms with van der Waals surface area (Å²) < 4.78 is 85.9. The van der Waals surface area contributed by atoms with Crippen molar-refractivity contribution in [3.05, 3.63) is 68.7 Å². The highest BCUT2D eigenvalue weighted by Crippen LogP contribution is 2.37. The summed E-state index contributed by atoms with van der Waals surface area (Å²) in [5, 5.41) is 14.4. The number of aliphatic hydroxyl groups excluding tert-OH is 1. The van der Waals surface area contributed by atoms with Gasteiger partial charge in [0.2, 0.25) is 0 Å². The molecule has 2 fully saturated rings. The molecule has 0 amide bonds. The largest absolute Gasteiger partial charge is 0.416 e. The number of benzene rings is 2. The van der Waals surface area contributed by atoms with Gasteiger partial charge in [0.15, 0.2) is 0 Å². The quantitative estimate of drug-likeness (QED) is 0.120. The van der Waals surface area contributed by atoms with E-state index in [1.807, 2.05) is 0 Å². The molecular weight excluding hydrogens is 683 g/mol. The molecule has 2 saturated heterocycles. The Morgan fingerprint density at radius 3 is 2.23 bits per heavy atom. The van der Waals surface area contributed by atoms with E-state index in [1.54, 1.807) is 18.2 Å². The normalized spacial score (nSPS) is 19.9. The number of ether oxygens (including phenoxy) is 1. The SMILES string of the molecule is CO/N=C(\COCc1cc(C(F)(F)F)cc(C(F)(F)F)c1)C(CCN1CCC(CN2CCCCC2CCO)CC1)c1ccc(Cl)c(Cl)c1. The van der Waals surface area contributed by atoms with E-state index in [4.69, 9.17) is 32.8 Å². The first-order valence-electron chi connectivity index (χ1n) is 16.3. The molecule has 0 saturated carbocycles. The summed E-state index contributed by atoms with van der Waals surface area (Å²) in [6.07, 6.45) is -2.86. The molecule has 0 radical (unpaired) electrons. The van der Waals surface area contributed by atoms with Gasteiger partial charge in [0, 0.05) is 25.1 Å². The van der Waals surface area contributed by atoms with Crippen LogP contribution in [0.25, 0.3) is 0 Å². The standard InChI is InChI=1S/C34H43Cl2F6N3O3/c1-47-43-32(22-48-21-24-16-26(33(37,38)39)19-27(17-24)34(40,41)42)29(25-5-6-30(35)31(36)18-25)9-14-44-12-7-23(8-13-44)20-45-11-3-2-4-28(45)10-15-46/h5-6,16-19,23,28-29,46H,2-4,7-15,20-22H2,1H3/b43-32+. The van der Waals surface area contributed by atoms with Crippen molar-refractivity contribution in [2.45, 2.75) is 75.9 Å². The van der Waals surface area contributed by atoms with Crippen LogP contribution in [0, 0.1) is 5.92 Å². The van der Waals surface area contributed by atoms with Gasteiger partial charge in [-0.05, 0) is 112 Å². The van der Waals surface area contributed by atoms with E-state index < -0.39 is 30.1 Å². The molecule has 2 aliphatic heterocycles. The van der Waals surface area contributed by atoms with Crippen LogP contribution in [0.1, 0.15) is 73.1 Å². The van der Waals surface area contributed by atoms with Gasteiger partial charge in [-0.2, -0.15) is 26.3 Å². The minimum atomic E-state index is -4.96. The van der Waals surface area contributed by atoms with Crippen LogP contribution < -0.4 is 0 Å². The number of rotatable bonds is 14. The Balaban J connectivity index is 1.42. The molecule has 6 nitrogen and oxygen atoms in total. The Bertz CT molecular complexity index is 1320. The van der Waals surface area contributed by atoms with Gasteiger partial charge >= 0.3 is 12.4 Å². The van der Waals surface area contributed by atoms with E-state index >= 15 is 0 Å². The lowest BCUT2D eigenvalue weighted by atomic mass is 9.89. The summed E-state index contributed by atoms with van der Waals surface area (Å²) in [7, 11) is 1.35. The zero-order valence-electron chi connectivity index (χ0n) is 26.9. The van der Waals surface area contributed by atoms with Crippen molar-refractivity contribution in [2.75, 3.05) is 53.0 Å². The van der Waals surface area contributed by atoms with Gasteiger partial charge in [0.1, 0.15) is 7.11 Å². The maximum Gasteiger partial charge on any atom is 0.416 e. The smallest absolute Gasteiger partial charge is 0.399 e. The number of aliphatic hydroxyl groups is 1. The van der Waals surface area contributed by atoms with Gasteiger partial charge in [0.25, 0.3) is 0 Å². The predicted octanol–water partition coefficient (Wildman–Crippen LogP) is 8.67. The van der Waals surface area contributed by atoms with Crippen molar-refractivity contribution in [2.24, 2.45) is 11.1 Å². The van der Waals surface area contributed by atoms with Gasteiger partial charge in [-0.1, -0.05) is 40.8 Å². The van der Waals surface area contributed by atoms with Gasteiger partial charge < -0.3 is 24.5 Å². The number of piperidine rings is 2. The van der Waals surface area contributed by atoms with E-state index in [9.17, 15) is 31.4 Å². The lowest BCUT2D eigenvalue weighted by Crippen LogP contribution is -2.45. The second kappa shape index (κ2) is 17.7. The summed E-state index contributed by atoms with van der Waals surface area (Å²) in [6.45, 7) is 4.17. The van der Waals surface area contributed by atoms with Crippen LogP contribution in [-0.4, -0.2) is 79.7 Å². The average Bonchev–Trinajstić information content (AvgIpc) is 3.03. The van der Waals surface area contributed by atoms with Crippen molar-refractivity contribution >= 4 is 28.9 Å². The van der Waals surface area contributed by atoms with Crippen LogP contribution in [0.3, 0.4) is 0 Å². The predicted molar refractivity (Wildman–Crippen MR) is 174 cm³/mol. The maximum atomic E-state index is 13.4. The number of halogens is 8. The molecule has 0 bridgehead atoms. The summed E-state index contributed by atoms with van der Waals surface area (Å²) in [4.78, 5) is 10.0. The van der Waals surface area contributed by atoms with Crippen LogP contribution in [0.5, 0.6) is 0 Å². The van der Waals surface area contributed by atoms with E-state index in [2.05, 4.69) is 15.0 Å². The lowest BCUT2D eigenvalue weighted by Gasteiger charge is -2.40. The molecule has 0 aliphatic carbocycles. The van der Waals surface area contributed by atoms with Crippen LogP contribution in [-0.2, 0) is 28.5 Å². The molecule has 2 aromatic carbocycles. The van der Waals surface area contributed by atoms with Crippen molar-refractivity contribution in [1.29, 1.82) is 0 Å². The van der Waals surface area contributed by atoms with Crippen LogP contribution in [0.4, 0.5) is 26.3 Å². The minimum Gasteiger partial charge on any atom is -0.399 e. The molecule has 2 unspecified atom stereocenters. The molecule has 0 aromatic heterocycles. The van der Waals surface area contributed by atoms with Crippen molar-refractivity contribution in [3.8, 4) is 0 Å². The van der Waals surface area contributed by atoms with E-state index in [1.165, 1.54) is 20.0 Å². The highest BCUT2D eigenvalue weighted by atomic mass is 35.5. The van der Waals surface area contributed by atoms with Gasteiger partial charge in [-0.25, -0.2) is 0 Å². The van der Waals surface area contributed by atoms with Crippen molar-refractivity contribution in [3.63, 3.8) is 0 Å². The second-order valence-electron chi connectivity index (χ2n) is 12.6. The van der Waals surface area contributed by atoms with Crippen LogP contribution in [0.15, 0.2) is 41.6 Å². The fourth-order valence-electron chi connectivity index (χ4n) is 6.75. The topological polar surface area (TPSA) is 57.5 Å². The monoisotopic (exact) mass is 725 g/mol. The molecule has 1 N–H and O–H groups in total. The number of hydrogen-bond acceptors (Lipinski definition) is 6. The number of likely N-dealkylation sites (tertiary alicyclic amines) is 2. The maximum absolute atomic E-state index is 13.4. The van der Waals surface area contributed by atoms with E-state index in [-0.39, 0.29) is 30.8 Å². The second-order valence-corrected chi connectivity index (χ2v) is 13.4. The number of alkyl halides is 6. The van der Waals surface area contributed by atoms with Gasteiger partial charge in [-0.15, -0.1) is 0 Å². The first-order chi connectivity index (χ1) is 22.8. The van der Waals surface area contributed by atoms with Gasteiger partial charge in [0.05, 0.1) is 40.1 Å². The van der Waals surface area contributed by atoms with Crippen molar-refractivity contribution < 1.29 is 41.0 Å². The summed E-state index contributed by atoms with van der Waals surface area (Å²) in [6, 6.07) is 7.03. The van der Waals surface area contributed by atoms with Crippen LogP contribution >= 0.6 is 23.2 Å². The zero-order chi connectivity index (χ0) is 34.9. The molecule has 0 spiro atoms. The average molecular weight is 727 g/mol. The molecule has 4 rings (SSSR count). The number of oxime groups is 1. The summed E-state index contributed by atoms with van der Waals surface area (Å²) >= 11 is 12.5. The molecule has 2 atom stereocenters. The highest BCUT2D eigenvalue weighted by Gasteiger charge is 2.37.